The fraction of sp³-hybridized carbons (Fsp3) is 0.636. The van der Waals surface area contributed by atoms with Gasteiger partial charge in [0.25, 0.3) is 0 Å². The Morgan fingerprint density at radius 3 is 2.79 bits per heavy atom. The molecule has 0 fully saturated rings. The number of rotatable bonds is 6. The first-order valence-corrected chi connectivity index (χ1v) is 5.36. The summed E-state index contributed by atoms with van der Waals surface area (Å²) in [5.74, 6) is 0. The van der Waals surface area contributed by atoms with Crippen molar-refractivity contribution in [3.8, 4) is 0 Å². The summed E-state index contributed by atoms with van der Waals surface area (Å²) in [7, 11) is 0. The van der Waals surface area contributed by atoms with Crippen LogP contribution in [0.3, 0.4) is 0 Å². The molecule has 1 aromatic rings. The highest BCUT2D eigenvalue weighted by atomic mass is 15.1. The first-order chi connectivity index (χ1) is 6.84. The average molecular weight is 193 g/mol. The van der Waals surface area contributed by atoms with E-state index in [1.807, 2.05) is 6.07 Å². The summed E-state index contributed by atoms with van der Waals surface area (Å²) in [6.45, 7) is 2.21. The lowest BCUT2D eigenvalue weighted by atomic mass is 10.0. The molecule has 0 spiro atoms. The lowest BCUT2D eigenvalue weighted by Crippen LogP contribution is -2.10. The van der Waals surface area contributed by atoms with Gasteiger partial charge in [-0.3, -0.25) is 0 Å². The summed E-state index contributed by atoms with van der Waals surface area (Å²) in [5.41, 5.74) is 7.10. The standard InChI is InChI=1S/C11H19N3/c1-2-3-4-5-6-11(12)10-7-8-13-14-9-10/h7-9,11H,2-6,12H2,1H3. The molecule has 1 aromatic heterocycles. The highest BCUT2D eigenvalue weighted by Gasteiger charge is 2.04. The van der Waals surface area contributed by atoms with Crippen molar-refractivity contribution in [2.45, 2.75) is 45.1 Å². The van der Waals surface area contributed by atoms with E-state index in [1.165, 1.54) is 25.7 Å². The summed E-state index contributed by atoms with van der Waals surface area (Å²) < 4.78 is 0. The van der Waals surface area contributed by atoms with E-state index >= 15 is 0 Å². The maximum absolute atomic E-state index is 6.01. The van der Waals surface area contributed by atoms with Gasteiger partial charge in [-0.1, -0.05) is 32.6 Å². The van der Waals surface area contributed by atoms with Gasteiger partial charge in [0.05, 0.1) is 6.20 Å². The fourth-order valence-corrected chi connectivity index (χ4v) is 1.48. The van der Waals surface area contributed by atoms with E-state index in [1.54, 1.807) is 12.4 Å². The maximum atomic E-state index is 6.01. The Morgan fingerprint density at radius 1 is 1.29 bits per heavy atom. The number of hydrogen-bond donors (Lipinski definition) is 1. The van der Waals surface area contributed by atoms with Crippen LogP contribution in [-0.2, 0) is 0 Å². The molecule has 0 saturated carbocycles. The Bertz CT molecular complexity index is 236. The highest BCUT2D eigenvalue weighted by Crippen LogP contribution is 2.15. The van der Waals surface area contributed by atoms with E-state index in [0.29, 0.717) is 0 Å². The molecule has 14 heavy (non-hydrogen) atoms. The molecule has 0 aromatic carbocycles. The van der Waals surface area contributed by atoms with Gasteiger partial charge in [-0.15, -0.1) is 0 Å². The Kier molecular flexibility index (Phi) is 5.15. The Labute approximate surface area is 85.7 Å². The largest absolute Gasteiger partial charge is 0.324 e. The van der Waals surface area contributed by atoms with Crippen molar-refractivity contribution in [2.24, 2.45) is 5.73 Å². The molecule has 0 radical (unpaired) electrons. The molecule has 1 atom stereocenters. The van der Waals surface area contributed by atoms with Gasteiger partial charge < -0.3 is 5.73 Å². The van der Waals surface area contributed by atoms with Crippen LogP contribution in [0.5, 0.6) is 0 Å². The summed E-state index contributed by atoms with van der Waals surface area (Å²) in [4.78, 5) is 0. The lowest BCUT2D eigenvalue weighted by molar-refractivity contribution is 0.564. The number of nitrogens with two attached hydrogens (primary N) is 1. The second-order valence-corrected chi connectivity index (χ2v) is 3.63. The van der Waals surface area contributed by atoms with Gasteiger partial charge in [0, 0.05) is 12.2 Å². The fourth-order valence-electron chi connectivity index (χ4n) is 1.48. The summed E-state index contributed by atoms with van der Waals surface area (Å²) in [5, 5.41) is 7.55. The SMILES string of the molecule is CCCCCCC(N)c1ccnnc1. The Balaban J connectivity index is 2.25. The van der Waals surface area contributed by atoms with Crippen molar-refractivity contribution in [2.75, 3.05) is 0 Å². The zero-order chi connectivity index (χ0) is 10.2. The van der Waals surface area contributed by atoms with Gasteiger partial charge in [-0.25, -0.2) is 0 Å². The van der Waals surface area contributed by atoms with Crippen molar-refractivity contribution in [1.82, 2.24) is 10.2 Å². The monoisotopic (exact) mass is 193 g/mol. The van der Waals surface area contributed by atoms with E-state index in [4.69, 9.17) is 5.73 Å². The van der Waals surface area contributed by atoms with Crippen LogP contribution >= 0.6 is 0 Å². The molecule has 3 nitrogen and oxygen atoms in total. The molecule has 0 aliphatic heterocycles. The Morgan fingerprint density at radius 2 is 2.14 bits per heavy atom. The van der Waals surface area contributed by atoms with Crippen molar-refractivity contribution in [3.63, 3.8) is 0 Å². The zero-order valence-electron chi connectivity index (χ0n) is 8.82. The quantitative estimate of drug-likeness (QED) is 0.706. The van der Waals surface area contributed by atoms with Crippen molar-refractivity contribution >= 4 is 0 Å². The third-order valence-corrected chi connectivity index (χ3v) is 2.40. The molecule has 1 heterocycles. The van der Waals surface area contributed by atoms with Crippen LogP contribution in [0.25, 0.3) is 0 Å². The van der Waals surface area contributed by atoms with E-state index in [9.17, 15) is 0 Å². The van der Waals surface area contributed by atoms with Crippen LogP contribution in [0.4, 0.5) is 0 Å². The van der Waals surface area contributed by atoms with E-state index < -0.39 is 0 Å². The van der Waals surface area contributed by atoms with Gasteiger partial charge in [-0.2, -0.15) is 10.2 Å². The molecule has 0 aliphatic rings. The summed E-state index contributed by atoms with van der Waals surface area (Å²) in [6.07, 6.45) is 9.56. The van der Waals surface area contributed by atoms with Crippen molar-refractivity contribution in [3.05, 3.63) is 24.0 Å². The molecule has 2 N–H and O–H groups in total. The minimum Gasteiger partial charge on any atom is -0.324 e. The smallest absolute Gasteiger partial charge is 0.0543 e. The third-order valence-electron chi connectivity index (χ3n) is 2.40. The number of aromatic nitrogens is 2. The van der Waals surface area contributed by atoms with E-state index in [-0.39, 0.29) is 6.04 Å². The second kappa shape index (κ2) is 6.49. The average Bonchev–Trinajstić information content (AvgIpc) is 2.25. The molecular formula is C11H19N3. The van der Waals surface area contributed by atoms with Crippen LogP contribution < -0.4 is 5.73 Å². The molecule has 1 unspecified atom stereocenters. The second-order valence-electron chi connectivity index (χ2n) is 3.63. The number of unbranched alkanes of at least 4 members (excludes halogenated alkanes) is 3. The number of hydrogen-bond acceptors (Lipinski definition) is 3. The van der Waals surface area contributed by atoms with Crippen LogP contribution in [-0.4, -0.2) is 10.2 Å². The normalized spacial score (nSPS) is 12.7. The van der Waals surface area contributed by atoms with Crippen LogP contribution in [0, 0.1) is 0 Å². The molecule has 0 amide bonds. The summed E-state index contributed by atoms with van der Waals surface area (Å²) >= 11 is 0. The summed E-state index contributed by atoms with van der Waals surface area (Å²) in [6, 6.07) is 2.07. The first-order valence-electron chi connectivity index (χ1n) is 5.36. The molecule has 0 bridgehead atoms. The van der Waals surface area contributed by atoms with Gasteiger partial charge in [0.2, 0.25) is 0 Å². The Hall–Kier alpha value is -0.960. The van der Waals surface area contributed by atoms with E-state index in [2.05, 4.69) is 17.1 Å². The maximum Gasteiger partial charge on any atom is 0.0543 e. The minimum absolute atomic E-state index is 0.127. The number of nitrogens with zero attached hydrogens (tertiary/aromatic N) is 2. The topological polar surface area (TPSA) is 51.8 Å². The minimum atomic E-state index is 0.127. The van der Waals surface area contributed by atoms with Crippen LogP contribution in [0.1, 0.15) is 50.6 Å². The third kappa shape index (κ3) is 3.83. The van der Waals surface area contributed by atoms with Crippen LogP contribution in [0.15, 0.2) is 18.5 Å². The van der Waals surface area contributed by atoms with Gasteiger partial charge in [0.15, 0.2) is 0 Å². The van der Waals surface area contributed by atoms with Gasteiger partial charge in [0.1, 0.15) is 0 Å². The van der Waals surface area contributed by atoms with Crippen molar-refractivity contribution in [1.29, 1.82) is 0 Å². The van der Waals surface area contributed by atoms with Crippen molar-refractivity contribution < 1.29 is 0 Å². The predicted molar refractivity (Wildman–Crippen MR) is 57.7 cm³/mol. The molecule has 1 rings (SSSR count). The lowest BCUT2D eigenvalue weighted by Gasteiger charge is -2.10. The molecular weight excluding hydrogens is 174 g/mol. The molecule has 78 valence electrons. The molecule has 0 saturated heterocycles. The zero-order valence-corrected chi connectivity index (χ0v) is 8.82. The van der Waals surface area contributed by atoms with Gasteiger partial charge >= 0.3 is 0 Å². The first kappa shape index (κ1) is 11.1. The molecule has 0 aliphatic carbocycles. The predicted octanol–water partition coefficient (Wildman–Crippen LogP) is 2.45. The van der Waals surface area contributed by atoms with Crippen LogP contribution in [0.2, 0.25) is 0 Å². The molecule has 3 heteroatoms. The van der Waals surface area contributed by atoms with Gasteiger partial charge in [-0.05, 0) is 18.1 Å². The van der Waals surface area contributed by atoms with E-state index in [0.717, 1.165) is 12.0 Å². The highest BCUT2D eigenvalue weighted by molar-refractivity contribution is 5.10.